The molecule has 0 aromatic heterocycles. The van der Waals surface area contributed by atoms with Crippen LogP contribution in [0.3, 0.4) is 0 Å². The first-order chi connectivity index (χ1) is 6.66. The van der Waals surface area contributed by atoms with Gasteiger partial charge in [0.05, 0.1) is 5.69 Å². The average molecular weight is 193 g/mol. The number of nitrogens with two attached hydrogens (primary N) is 2. The van der Waals surface area contributed by atoms with Crippen molar-refractivity contribution in [1.82, 2.24) is 0 Å². The predicted octanol–water partition coefficient (Wildman–Crippen LogP) is 0.251. The van der Waals surface area contributed by atoms with Crippen molar-refractivity contribution < 1.29 is 9.90 Å². The molecule has 0 bridgehead atoms. The second-order valence-electron chi connectivity index (χ2n) is 2.56. The van der Waals surface area contributed by atoms with Crippen molar-refractivity contribution in [3.8, 4) is 0 Å². The maximum absolute atomic E-state index is 10.7. The number of aliphatic carboxylic acids is 1. The number of rotatable bonds is 3. The van der Waals surface area contributed by atoms with Crippen LogP contribution in [0.25, 0.3) is 0 Å². The van der Waals surface area contributed by atoms with E-state index in [2.05, 4.69) is 0 Å². The van der Waals surface area contributed by atoms with E-state index >= 15 is 0 Å². The molecule has 0 aliphatic rings. The third-order valence-corrected chi connectivity index (χ3v) is 1.67. The van der Waals surface area contributed by atoms with E-state index in [1.165, 1.54) is 0 Å². The van der Waals surface area contributed by atoms with Gasteiger partial charge in [0.15, 0.2) is 5.70 Å². The smallest absolute Gasteiger partial charge is 0.355 e. The molecule has 1 aromatic carbocycles. The molecule has 0 heterocycles. The highest BCUT2D eigenvalue weighted by Gasteiger charge is 2.13. The first-order valence-corrected chi connectivity index (χ1v) is 3.92. The summed E-state index contributed by atoms with van der Waals surface area (Å²) in [5.41, 5.74) is 5.54. The SMILES string of the molecule is N/C=C(/C(=O)O)N(N)c1ccccc1. The molecule has 1 rings (SSSR count). The molecule has 0 unspecified atom stereocenters. The van der Waals surface area contributed by atoms with E-state index < -0.39 is 5.97 Å². The average Bonchev–Trinajstić information content (AvgIpc) is 2.19. The Morgan fingerprint density at radius 1 is 1.36 bits per heavy atom. The monoisotopic (exact) mass is 193 g/mol. The Hall–Kier alpha value is -2.01. The van der Waals surface area contributed by atoms with Gasteiger partial charge in [0, 0.05) is 6.20 Å². The van der Waals surface area contributed by atoms with Crippen molar-refractivity contribution in [2.45, 2.75) is 0 Å². The van der Waals surface area contributed by atoms with Gasteiger partial charge >= 0.3 is 5.97 Å². The zero-order valence-corrected chi connectivity index (χ0v) is 7.42. The van der Waals surface area contributed by atoms with Gasteiger partial charge in [-0.2, -0.15) is 0 Å². The normalized spacial score (nSPS) is 11.1. The molecule has 14 heavy (non-hydrogen) atoms. The Labute approximate surface area is 81.2 Å². The van der Waals surface area contributed by atoms with Crippen LogP contribution >= 0.6 is 0 Å². The molecule has 0 saturated carbocycles. The lowest BCUT2D eigenvalue weighted by Gasteiger charge is -2.18. The molecular weight excluding hydrogens is 182 g/mol. The molecule has 0 radical (unpaired) electrons. The van der Waals surface area contributed by atoms with Crippen LogP contribution < -0.4 is 16.6 Å². The molecule has 0 aliphatic carbocycles. The van der Waals surface area contributed by atoms with E-state index in [0.29, 0.717) is 5.69 Å². The van der Waals surface area contributed by atoms with Crippen molar-refractivity contribution >= 4 is 11.7 Å². The number of carbonyl (C=O) groups is 1. The van der Waals surface area contributed by atoms with Crippen molar-refractivity contribution in [2.75, 3.05) is 5.01 Å². The minimum Gasteiger partial charge on any atom is -0.476 e. The van der Waals surface area contributed by atoms with Gasteiger partial charge in [-0.25, -0.2) is 10.6 Å². The van der Waals surface area contributed by atoms with Crippen molar-refractivity contribution in [1.29, 1.82) is 0 Å². The Kier molecular flexibility index (Phi) is 3.09. The van der Waals surface area contributed by atoms with E-state index in [-0.39, 0.29) is 5.70 Å². The van der Waals surface area contributed by atoms with Gasteiger partial charge in [-0.3, -0.25) is 5.01 Å². The minimum atomic E-state index is -1.17. The first-order valence-electron chi connectivity index (χ1n) is 3.92. The molecule has 0 atom stereocenters. The van der Waals surface area contributed by atoms with E-state index in [9.17, 15) is 4.79 Å². The fourth-order valence-electron chi connectivity index (χ4n) is 0.982. The van der Waals surface area contributed by atoms with Gasteiger partial charge < -0.3 is 10.8 Å². The standard InChI is InChI=1S/C9H11N3O2/c10-6-8(9(13)14)12(11)7-4-2-1-3-5-7/h1-6H,10-11H2,(H,13,14)/b8-6-. The lowest BCUT2D eigenvalue weighted by Crippen LogP contribution is -2.34. The second kappa shape index (κ2) is 4.29. The highest BCUT2D eigenvalue weighted by Crippen LogP contribution is 2.13. The van der Waals surface area contributed by atoms with Gasteiger partial charge in [-0.15, -0.1) is 0 Å². The number of para-hydroxylation sites is 1. The molecule has 5 heteroatoms. The molecule has 5 nitrogen and oxygen atoms in total. The predicted molar refractivity (Wildman–Crippen MR) is 53.0 cm³/mol. The van der Waals surface area contributed by atoms with Crippen LogP contribution in [0.4, 0.5) is 5.69 Å². The lowest BCUT2D eigenvalue weighted by atomic mass is 10.3. The molecule has 0 saturated heterocycles. The summed E-state index contributed by atoms with van der Waals surface area (Å²) in [5, 5.41) is 9.75. The molecule has 74 valence electrons. The number of nitrogens with zero attached hydrogens (tertiary/aromatic N) is 1. The summed E-state index contributed by atoms with van der Waals surface area (Å²) in [6.45, 7) is 0. The summed E-state index contributed by atoms with van der Waals surface area (Å²) in [5.74, 6) is 4.39. The summed E-state index contributed by atoms with van der Waals surface area (Å²) in [6, 6.07) is 8.69. The van der Waals surface area contributed by atoms with Crippen LogP contribution in [0.2, 0.25) is 0 Å². The largest absolute Gasteiger partial charge is 0.476 e. The fourth-order valence-corrected chi connectivity index (χ4v) is 0.982. The third kappa shape index (κ3) is 2.02. The number of carboxylic acids is 1. The summed E-state index contributed by atoms with van der Waals surface area (Å²) in [4.78, 5) is 10.7. The molecule has 0 fully saturated rings. The Bertz CT molecular complexity index is 348. The number of benzene rings is 1. The Balaban J connectivity index is 2.96. The van der Waals surface area contributed by atoms with Gasteiger partial charge in [-0.1, -0.05) is 18.2 Å². The number of hydrogen-bond acceptors (Lipinski definition) is 4. The fraction of sp³-hybridized carbons (Fsp3) is 0. The minimum absolute atomic E-state index is 0.170. The van der Waals surface area contributed by atoms with E-state index in [4.69, 9.17) is 16.7 Å². The number of hydrogen-bond donors (Lipinski definition) is 3. The summed E-state index contributed by atoms with van der Waals surface area (Å²) in [7, 11) is 0. The summed E-state index contributed by atoms with van der Waals surface area (Å²) < 4.78 is 0. The molecule has 1 aromatic rings. The zero-order valence-electron chi connectivity index (χ0n) is 7.42. The van der Waals surface area contributed by atoms with Crippen LogP contribution in [0.15, 0.2) is 42.2 Å². The van der Waals surface area contributed by atoms with Crippen LogP contribution in [0.5, 0.6) is 0 Å². The van der Waals surface area contributed by atoms with E-state index in [0.717, 1.165) is 11.2 Å². The molecule has 0 amide bonds. The van der Waals surface area contributed by atoms with Gasteiger partial charge in [0.25, 0.3) is 0 Å². The quantitative estimate of drug-likeness (QED) is 0.363. The maximum atomic E-state index is 10.7. The second-order valence-corrected chi connectivity index (χ2v) is 2.56. The van der Waals surface area contributed by atoms with Crippen molar-refractivity contribution in [3.63, 3.8) is 0 Å². The van der Waals surface area contributed by atoms with Crippen molar-refractivity contribution in [3.05, 3.63) is 42.2 Å². The van der Waals surface area contributed by atoms with Crippen LogP contribution in [-0.4, -0.2) is 11.1 Å². The summed E-state index contributed by atoms with van der Waals surface area (Å²) in [6.07, 6.45) is 0.954. The van der Waals surface area contributed by atoms with Gasteiger partial charge in [-0.05, 0) is 12.1 Å². The molecule has 5 N–H and O–H groups in total. The van der Waals surface area contributed by atoms with Crippen LogP contribution in [-0.2, 0) is 4.79 Å². The molecular formula is C9H11N3O2. The summed E-state index contributed by atoms with van der Waals surface area (Å²) >= 11 is 0. The highest BCUT2D eigenvalue weighted by atomic mass is 16.4. The lowest BCUT2D eigenvalue weighted by molar-refractivity contribution is -0.132. The van der Waals surface area contributed by atoms with E-state index in [1.54, 1.807) is 24.3 Å². The maximum Gasteiger partial charge on any atom is 0.355 e. The van der Waals surface area contributed by atoms with Gasteiger partial charge in [0.2, 0.25) is 0 Å². The van der Waals surface area contributed by atoms with Gasteiger partial charge in [0.1, 0.15) is 0 Å². The van der Waals surface area contributed by atoms with Crippen molar-refractivity contribution in [2.24, 2.45) is 11.6 Å². The topological polar surface area (TPSA) is 92.6 Å². The molecule has 0 aliphatic heterocycles. The Morgan fingerprint density at radius 3 is 2.36 bits per heavy atom. The third-order valence-electron chi connectivity index (χ3n) is 1.67. The Morgan fingerprint density at radius 2 is 1.93 bits per heavy atom. The number of anilines is 1. The zero-order chi connectivity index (χ0) is 10.6. The number of hydrazine groups is 1. The van der Waals surface area contributed by atoms with Crippen LogP contribution in [0, 0.1) is 0 Å². The molecule has 0 spiro atoms. The highest BCUT2D eigenvalue weighted by molar-refractivity contribution is 5.90. The number of carboxylic acid groups (broad SMARTS) is 1. The van der Waals surface area contributed by atoms with E-state index in [1.807, 2.05) is 6.07 Å². The first kappa shape index (κ1) is 10.1. The van der Waals surface area contributed by atoms with Crippen LogP contribution in [0.1, 0.15) is 0 Å².